The lowest BCUT2D eigenvalue weighted by atomic mass is 10.1. The van der Waals surface area contributed by atoms with E-state index >= 15 is 0 Å². The monoisotopic (exact) mass is 358 g/mol. The summed E-state index contributed by atoms with van der Waals surface area (Å²) >= 11 is 5.97. The highest BCUT2D eigenvalue weighted by molar-refractivity contribution is 6.31. The molecular weight excluding hydrogens is 336 g/mol. The Balaban J connectivity index is 1.34. The molecule has 5 nitrogen and oxygen atoms in total. The second kappa shape index (κ2) is 8.21. The fourth-order valence-electron chi connectivity index (χ4n) is 2.93. The molecule has 0 atom stereocenters. The third-order valence-electron chi connectivity index (χ3n) is 4.26. The molecule has 0 spiro atoms. The van der Waals surface area contributed by atoms with Crippen molar-refractivity contribution in [1.29, 1.82) is 0 Å². The predicted octanol–water partition coefficient (Wildman–Crippen LogP) is 4.09. The Kier molecular flexibility index (Phi) is 5.76. The van der Waals surface area contributed by atoms with Crippen molar-refractivity contribution in [3.8, 4) is 0 Å². The maximum absolute atomic E-state index is 12.2. The van der Waals surface area contributed by atoms with Gasteiger partial charge in [0.2, 0.25) is 0 Å². The second-order valence-electron chi connectivity index (χ2n) is 6.36. The van der Waals surface area contributed by atoms with Crippen molar-refractivity contribution in [3.05, 3.63) is 52.9 Å². The van der Waals surface area contributed by atoms with Crippen molar-refractivity contribution >= 4 is 28.4 Å². The van der Waals surface area contributed by atoms with E-state index in [1.54, 1.807) is 0 Å². The minimum Gasteiger partial charge on any atom is -0.351 e. The highest BCUT2D eigenvalue weighted by Gasteiger charge is 2.09. The van der Waals surface area contributed by atoms with Crippen molar-refractivity contribution in [1.82, 2.24) is 20.1 Å². The fourth-order valence-corrected chi connectivity index (χ4v) is 3.11. The van der Waals surface area contributed by atoms with Crippen LogP contribution in [0, 0.1) is 0 Å². The Hall–Kier alpha value is -2.27. The largest absolute Gasteiger partial charge is 0.351 e. The van der Waals surface area contributed by atoms with E-state index in [-0.39, 0.29) is 5.91 Å². The second-order valence-corrected chi connectivity index (χ2v) is 6.79. The molecule has 2 aromatic heterocycles. The first-order chi connectivity index (χ1) is 12.1. The van der Waals surface area contributed by atoms with Crippen LogP contribution in [0.5, 0.6) is 0 Å². The third-order valence-corrected chi connectivity index (χ3v) is 4.50. The summed E-state index contributed by atoms with van der Waals surface area (Å²) in [5.41, 5.74) is 2.79. The molecule has 0 fully saturated rings. The third kappa shape index (κ3) is 4.86. The molecular formula is C19H23ClN4O. The zero-order chi connectivity index (χ0) is 17.6. The van der Waals surface area contributed by atoms with Gasteiger partial charge < -0.3 is 10.3 Å². The van der Waals surface area contributed by atoms with Crippen LogP contribution in [0.4, 0.5) is 0 Å². The maximum Gasteiger partial charge on any atom is 0.267 e. The molecule has 132 valence electrons. The fraction of sp³-hybridized carbons (Fsp3) is 0.368. The van der Waals surface area contributed by atoms with Gasteiger partial charge in [0.25, 0.3) is 5.91 Å². The van der Waals surface area contributed by atoms with Crippen LogP contribution in [0.25, 0.3) is 10.9 Å². The Labute approximate surface area is 152 Å². The van der Waals surface area contributed by atoms with E-state index < -0.39 is 0 Å². The van der Waals surface area contributed by atoms with E-state index in [9.17, 15) is 4.79 Å². The van der Waals surface area contributed by atoms with Crippen LogP contribution in [0.15, 0.2) is 36.7 Å². The molecule has 1 aromatic carbocycles. The van der Waals surface area contributed by atoms with Crippen molar-refractivity contribution in [2.45, 2.75) is 32.1 Å². The van der Waals surface area contributed by atoms with Gasteiger partial charge in [-0.25, -0.2) is 0 Å². The minimum atomic E-state index is -0.0670. The van der Waals surface area contributed by atoms with Gasteiger partial charge in [-0.15, -0.1) is 0 Å². The van der Waals surface area contributed by atoms with Crippen LogP contribution in [0.2, 0.25) is 5.02 Å². The summed E-state index contributed by atoms with van der Waals surface area (Å²) in [7, 11) is 1.94. The lowest BCUT2D eigenvalue weighted by molar-refractivity contribution is 0.0949. The molecule has 0 bridgehead atoms. The smallest absolute Gasteiger partial charge is 0.267 e. The van der Waals surface area contributed by atoms with E-state index in [4.69, 9.17) is 11.6 Å². The predicted molar refractivity (Wildman–Crippen MR) is 101 cm³/mol. The molecule has 3 rings (SSSR count). The van der Waals surface area contributed by atoms with E-state index in [0.717, 1.165) is 43.0 Å². The number of unbranched alkanes of at least 4 members (excludes halogenated alkanes) is 3. The topological polar surface area (TPSA) is 62.7 Å². The summed E-state index contributed by atoms with van der Waals surface area (Å²) < 4.78 is 1.84. The van der Waals surface area contributed by atoms with Crippen LogP contribution in [0.1, 0.15) is 41.7 Å². The zero-order valence-electron chi connectivity index (χ0n) is 14.4. The maximum atomic E-state index is 12.2. The van der Waals surface area contributed by atoms with Gasteiger partial charge in [-0.1, -0.05) is 24.4 Å². The normalized spacial score (nSPS) is 11.1. The number of nitrogens with zero attached hydrogens (tertiary/aromatic N) is 2. The molecule has 1 amide bonds. The number of aryl methyl sites for hydroxylation is 2. The van der Waals surface area contributed by atoms with Gasteiger partial charge >= 0.3 is 0 Å². The molecule has 0 saturated carbocycles. The number of nitrogens with one attached hydrogen (secondary N) is 2. The number of carbonyl (C=O) groups is 1. The molecule has 25 heavy (non-hydrogen) atoms. The SMILES string of the molecule is Cn1cc(CCCCCCNC(=O)c2cc3cc(Cl)ccc3[nH]2)cn1. The first-order valence-corrected chi connectivity index (χ1v) is 9.03. The van der Waals surface area contributed by atoms with Crippen LogP contribution in [-0.4, -0.2) is 27.2 Å². The molecule has 2 heterocycles. The molecule has 0 unspecified atom stereocenters. The van der Waals surface area contributed by atoms with E-state index in [0.29, 0.717) is 17.3 Å². The lowest BCUT2D eigenvalue weighted by Crippen LogP contribution is -2.24. The summed E-state index contributed by atoms with van der Waals surface area (Å²) in [6.07, 6.45) is 9.48. The summed E-state index contributed by atoms with van der Waals surface area (Å²) in [5.74, 6) is -0.0670. The minimum absolute atomic E-state index is 0.0670. The van der Waals surface area contributed by atoms with Crippen LogP contribution < -0.4 is 5.32 Å². The number of amides is 1. The van der Waals surface area contributed by atoms with Crippen molar-refractivity contribution < 1.29 is 4.79 Å². The van der Waals surface area contributed by atoms with Gasteiger partial charge in [0.1, 0.15) is 5.69 Å². The van der Waals surface area contributed by atoms with Gasteiger partial charge in [-0.3, -0.25) is 9.48 Å². The number of carbonyl (C=O) groups excluding carboxylic acids is 1. The number of hydrogen-bond donors (Lipinski definition) is 2. The highest BCUT2D eigenvalue weighted by Crippen LogP contribution is 2.20. The summed E-state index contributed by atoms with van der Waals surface area (Å²) in [4.78, 5) is 15.3. The molecule has 0 aliphatic heterocycles. The molecule has 0 saturated heterocycles. The molecule has 6 heteroatoms. The van der Waals surface area contributed by atoms with E-state index in [2.05, 4.69) is 21.6 Å². The number of hydrogen-bond acceptors (Lipinski definition) is 2. The molecule has 0 aliphatic carbocycles. The number of rotatable bonds is 8. The first kappa shape index (κ1) is 17.5. The van der Waals surface area contributed by atoms with Gasteiger partial charge in [-0.2, -0.15) is 5.10 Å². The van der Waals surface area contributed by atoms with Crippen molar-refractivity contribution in [3.63, 3.8) is 0 Å². The summed E-state index contributed by atoms with van der Waals surface area (Å²) in [6, 6.07) is 7.39. The van der Waals surface area contributed by atoms with Crippen LogP contribution in [0.3, 0.4) is 0 Å². The molecule has 3 aromatic rings. The number of fused-ring (bicyclic) bond motifs is 1. The average molecular weight is 359 g/mol. The molecule has 2 N–H and O–H groups in total. The quantitative estimate of drug-likeness (QED) is 0.596. The van der Waals surface area contributed by atoms with Gasteiger partial charge in [0, 0.05) is 35.7 Å². The Morgan fingerprint density at radius 1 is 1.24 bits per heavy atom. The van der Waals surface area contributed by atoms with Crippen molar-refractivity contribution in [2.24, 2.45) is 7.05 Å². The highest BCUT2D eigenvalue weighted by atomic mass is 35.5. The van der Waals surface area contributed by atoms with Crippen LogP contribution in [-0.2, 0) is 13.5 Å². The van der Waals surface area contributed by atoms with Crippen LogP contribution >= 0.6 is 11.6 Å². The number of benzene rings is 1. The molecule has 0 aliphatic rings. The summed E-state index contributed by atoms with van der Waals surface area (Å²) in [5, 5.41) is 8.77. The lowest BCUT2D eigenvalue weighted by Gasteiger charge is -2.03. The standard InChI is InChI=1S/C19H23ClN4O/c1-24-13-14(12-22-24)6-4-2-3-5-9-21-19(25)18-11-15-10-16(20)7-8-17(15)23-18/h7-8,10-13,23H,2-6,9H2,1H3,(H,21,25). The van der Waals surface area contributed by atoms with Gasteiger partial charge in [-0.05, 0) is 49.1 Å². The van der Waals surface area contributed by atoms with E-state index in [1.165, 1.54) is 5.56 Å². The summed E-state index contributed by atoms with van der Waals surface area (Å²) in [6.45, 7) is 0.696. The zero-order valence-corrected chi connectivity index (χ0v) is 15.1. The average Bonchev–Trinajstić information content (AvgIpc) is 3.19. The Bertz CT molecular complexity index is 852. The van der Waals surface area contributed by atoms with E-state index in [1.807, 2.05) is 42.2 Å². The Morgan fingerprint density at radius 2 is 2.08 bits per heavy atom. The number of halogens is 1. The number of H-pyrrole nitrogens is 1. The number of aromatic amines is 1. The number of aromatic nitrogens is 3. The first-order valence-electron chi connectivity index (χ1n) is 8.66. The van der Waals surface area contributed by atoms with Gasteiger partial charge in [0.15, 0.2) is 0 Å². The van der Waals surface area contributed by atoms with Crippen molar-refractivity contribution in [2.75, 3.05) is 6.54 Å². The Morgan fingerprint density at radius 3 is 2.88 bits per heavy atom. The van der Waals surface area contributed by atoms with Gasteiger partial charge in [0.05, 0.1) is 6.20 Å². The molecule has 0 radical (unpaired) electrons.